The second kappa shape index (κ2) is 5.05. The molecule has 2 aliphatic heterocycles. The van der Waals surface area contributed by atoms with Crippen LogP contribution in [0.25, 0.3) is 10.9 Å². The highest BCUT2D eigenvalue weighted by atomic mass is 16.2. The Morgan fingerprint density at radius 2 is 2.17 bits per heavy atom. The lowest BCUT2D eigenvalue weighted by molar-refractivity contribution is -0.119. The maximum absolute atomic E-state index is 12.8. The van der Waals surface area contributed by atoms with Gasteiger partial charge in [-0.05, 0) is 37.6 Å². The molecule has 1 aromatic heterocycles. The molecule has 2 fully saturated rings. The molecular formula is C18H19N3O2. The van der Waals surface area contributed by atoms with Crippen molar-refractivity contribution >= 4 is 22.7 Å². The van der Waals surface area contributed by atoms with Crippen LogP contribution < -0.4 is 5.32 Å². The third-order valence-electron chi connectivity index (χ3n) is 5.00. The van der Waals surface area contributed by atoms with Crippen LogP contribution in [-0.4, -0.2) is 41.3 Å². The maximum Gasteiger partial charge on any atom is 0.253 e. The molecule has 2 aromatic rings. The van der Waals surface area contributed by atoms with Gasteiger partial charge in [-0.15, -0.1) is 0 Å². The summed E-state index contributed by atoms with van der Waals surface area (Å²) in [6.45, 7) is 4.03. The van der Waals surface area contributed by atoms with E-state index in [9.17, 15) is 9.59 Å². The number of nitrogens with one attached hydrogen (secondary N) is 1. The molecule has 118 valence electrons. The third kappa shape index (κ3) is 2.46. The minimum absolute atomic E-state index is 0.0451. The fourth-order valence-corrected chi connectivity index (χ4v) is 3.69. The van der Waals surface area contributed by atoms with Gasteiger partial charge in [-0.2, -0.15) is 0 Å². The maximum atomic E-state index is 12.8. The Bertz CT molecular complexity index is 817. The van der Waals surface area contributed by atoms with E-state index >= 15 is 0 Å². The first kappa shape index (κ1) is 14.2. The molecule has 2 amide bonds. The summed E-state index contributed by atoms with van der Waals surface area (Å²) < 4.78 is 0. The molecule has 23 heavy (non-hydrogen) atoms. The van der Waals surface area contributed by atoms with Gasteiger partial charge in [0.2, 0.25) is 5.91 Å². The monoisotopic (exact) mass is 309 g/mol. The van der Waals surface area contributed by atoms with E-state index in [0.717, 1.165) is 29.6 Å². The van der Waals surface area contributed by atoms with Gasteiger partial charge >= 0.3 is 0 Å². The van der Waals surface area contributed by atoms with Crippen LogP contribution >= 0.6 is 0 Å². The summed E-state index contributed by atoms with van der Waals surface area (Å²) in [6, 6.07) is 9.62. The summed E-state index contributed by atoms with van der Waals surface area (Å²) in [7, 11) is 0. The summed E-state index contributed by atoms with van der Waals surface area (Å²) in [5.74, 6) is 0.148. The van der Waals surface area contributed by atoms with Gasteiger partial charge < -0.3 is 10.2 Å². The number of hydrogen-bond acceptors (Lipinski definition) is 3. The van der Waals surface area contributed by atoms with Gasteiger partial charge in [-0.25, -0.2) is 0 Å². The first-order valence-electron chi connectivity index (χ1n) is 7.98. The third-order valence-corrected chi connectivity index (χ3v) is 5.00. The largest absolute Gasteiger partial charge is 0.355 e. The van der Waals surface area contributed by atoms with Crippen LogP contribution in [0, 0.1) is 12.3 Å². The highest BCUT2D eigenvalue weighted by molar-refractivity contribution is 5.98. The zero-order chi connectivity index (χ0) is 16.0. The molecule has 1 aromatic carbocycles. The summed E-state index contributed by atoms with van der Waals surface area (Å²) in [4.78, 5) is 30.6. The Balaban J connectivity index is 1.57. The average Bonchev–Trinajstić information content (AvgIpc) is 3.12. The van der Waals surface area contributed by atoms with Crippen molar-refractivity contribution in [1.82, 2.24) is 15.2 Å². The lowest BCUT2D eigenvalue weighted by Gasteiger charge is -2.22. The lowest BCUT2D eigenvalue weighted by atomic mass is 9.86. The molecule has 0 radical (unpaired) electrons. The number of carbonyl (C=O) groups excluding carboxylic acids is 2. The minimum Gasteiger partial charge on any atom is -0.355 e. The first-order chi connectivity index (χ1) is 11.0. The predicted molar refractivity (Wildman–Crippen MR) is 87.1 cm³/mol. The molecule has 5 nitrogen and oxygen atoms in total. The summed E-state index contributed by atoms with van der Waals surface area (Å²) in [5.41, 5.74) is 2.52. The summed E-state index contributed by atoms with van der Waals surface area (Å²) in [6.07, 6.45) is 1.43. The van der Waals surface area contributed by atoms with Crippen molar-refractivity contribution in [2.75, 3.05) is 19.6 Å². The Kier molecular flexibility index (Phi) is 3.11. The molecule has 3 heterocycles. The topological polar surface area (TPSA) is 62.3 Å². The van der Waals surface area contributed by atoms with Crippen molar-refractivity contribution in [2.24, 2.45) is 5.41 Å². The number of aryl methyl sites for hydroxylation is 1. The van der Waals surface area contributed by atoms with Crippen molar-refractivity contribution in [3.05, 3.63) is 41.6 Å². The molecule has 2 saturated heterocycles. The van der Waals surface area contributed by atoms with Crippen LogP contribution in [0.3, 0.4) is 0 Å². The van der Waals surface area contributed by atoms with Crippen LogP contribution in [0.2, 0.25) is 0 Å². The molecule has 1 atom stereocenters. The number of carbonyl (C=O) groups is 2. The Labute approximate surface area is 134 Å². The SMILES string of the molecule is Cc1ccc2cc(C(=O)N3CCC4(CNC(=O)C4)C3)ccc2n1. The smallest absolute Gasteiger partial charge is 0.253 e. The predicted octanol–water partition coefficient (Wildman–Crippen LogP) is 1.90. The van der Waals surface area contributed by atoms with Crippen LogP contribution in [0.15, 0.2) is 30.3 Å². The molecule has 0 aliphatic carbocycles. The van der Waals surface area contributed by atoms with E-state index in [1.807, 2.05) is 42.2 Å². The second-order valence-corrected chi connectivity index (χ2v) is 6.79. The van der Waals surface area contributed by atoms with Gasteiger partial charge in [-0.3, -0.25) is 14.6 Å². The molecule has 1 spiro atoms. The van der Waals surface area contributed by atoms with E-state index in [0.29, 0.717) is 25.1 Å². The minimum atomic E-state index is -0.0533. The van der Waals surface area contributed by atoms with Crippen molar-refractivity contribution in [3.8, 4) is 0 Å². The van der Waals surface area contributed by atoms with Crippen molar-refractivity contribution in [3.63, 3.8) is 0 Å². The normalized spacial score (nSPS) is 23.7. The lowest BCUT2D eigenvalue weighted by Crippen LogP contribution is -2.33. The van der Waals surface area contributed by atoms with Crippen molar-refractivity contribution in [2.45, 2.75) is 19.8 Å². The van der Waals surface area contributed by atoms with E-state index in [-0.39, 0.29) is 17.2 Å². The van der Waals surface area contributed by atoms with Crippen LogP contribution in [0.5, 0.6) is 0 Å². The van der Waals surface area contributed by atoms with Gasteiger partial charge in [0, 0.05) is 48.1 Å². The molecule has 4 rings (SSSR count). The number of nitrogens with zero attached hydrogens (tertiary/aromatic N) is 2. The molecule has 2 aliphatic rings. The average molecular weight is 309 g/mol. The highest BCUT2D eigenvalue weighted by Gasteiger charge is 2.45. The number of pyridine rings is 1. The van der Waals surface area contributed by atoms with E-state index in [4.69, 9.17) is 0 Å². The molecule has 1 N–H and O–H groups in total. The van der Waals surface area contributed by atoms with Crippen LogP contribution in [0.1, 0.15) is 28.9 Å². The Morgan fingerprint density at radius 3 is 2.96 bits per heavy atom. The Morgan fingerprint density at radius 1 is 1.30 bits per heavy atom. The number of amides is 2. The van der Waals surface area contributed by atoms with Crippen molar-refractivity contribution in [1.29, 1.82) is 0 Å². The highest BCUT2D eigenvalue weighted by Crippen LogP contribution is 2.37. The zero-order valence-electron chi connectivity index (χ0n) is 13.1. The van der Waals surface area contributed by atoms with E-state index in [1.54, 1.807) is 0 Å². The number of likely N-dealkylation sites (tertiary alicyclic amines) is 1. The summed E-state index contributed by atoms with van der Waals surface area (Å²) >= 11 is 0. The van der Waals surface area contributed by atoms with Gasteiger partial charge in [0.15, 0.2) is 0 Å². The zero-order valence-corrected chi connectivity index (χ0v) is 13.1. The van der Waals surface area contributed by atoms with E-state index < -0.39 is 0 Å². The second-order valence-electron chi connectivity index (χ2n) is 6.79. The number of hydrogen-bond donors (Lipinski definition) is 1. The fourth-order valence-electron chi connectivity index (χ4n) is 3.69. The number of rotatable bonds is 1. The van der Waals surface area contributed by atoms with Gasteiger partial charge in [0.25, 0.3) is 5.91 Å². The fraction of sp³-hybridized carbons (Fsp3) is 0.389. The van der Waals surface area contributed by atoms with Gasteiger partial charge in [0.05, 0.1) is 5.52 Å². The standard InChI is InChI=1S/C18H19N3O2/c1-12-2-3-13-8-14(4-5-15(13)20-12)17(23)21-7-6-18(11-21)9-16(22)19-10-18/h2-5,8H,6-7,9-11H2,1H3,(H,19,22). The molecule has 0 saturated carbocycles. The van der Waals surface area contributed by atoms with Crippen LogP contribution in [0.4, 0.5) is 0 Å². The molecule has 1 unspecified atom stereocenters. The van der Waals surface area contributed by atoms with Gasteiger partial charge in [-0.1, -0.05) is 6.07 Å². The number of aromatic nitrogens is 1. The van der Waals surface area contributed by atoms with E-state index in [2.05, 4.69) is 10.3 Å². The Hall–Kier alpha value is -2.43. The quantitative estimate of drug-likeness (QED) is 0.875. The molecule has 5 heteroatoms. The number of fused-ring (bicyclic) bond motifs is 1. The molecule has 0 bridgehead atoms. The van der Waals surface area contributed by atoms with Crippen molar-refractivity contribution < 1.29 is 9.59 Å². The van der Waals surface area contributed by atoms with Gasteiger partial charge in [0.1, 0.15) is 0 Å². The molecular weight excluding hydrogens is 290 g/mol. The van der Waals surface area contributed by atoms with E-state index in [1.165, 1.54) is 0 Å². The first-order valence-corrected chi connectivity index (χ1v) is 7.98. The number of benzene rings is 1. The van der Waals surface area contributed by atoms with Crippen LogP contribution in [-0.2, 0) is 4.79 Å². The summed E-state index contributed by atoms with van der Waals surface area (Å²) in [5, 5.41) is 3.88.